The van der Waals surface area contributed by atoms with E-state index in [1.807, 2.05) is 57.2 Å². The fraction of sp³-hybridized carbons (Fsp3) is 0.188. The maximum atomic E-state index is 12.4. The van der Waals surface area contributed by atoms with Gasteiger partial charge in [0.15, 0.2) is 0 Å². The van der Waals surface area contributed by atoms with Crippen molar-refractivity contribution in [3.8, 4) is 0 Å². The summed E-state index contributed by atoms with van der Waals surface area (Å²) >= 11 is 3.44. The molecule has 0 radical (unpaired) electrons. The number of carbonyl (C=O) groups is 1. The highest BCUT2D eigenvalue weighted by atomic mass is 79.9. The minimum absolute atomic E-state index is 0.0619. The van der Waals surface area contributed by atoms with Gasteiger partial charge in [-0.05, 0) is 55.7 Å². The Morgan fingerprint density at radius 2 is 1.68 bits per heavy atom. The Morgan fingerprint density at radius 1 is 1.05 bits per heavy atom. The summed E-state index contributed by atoms with van der Waals surface area (Å²) in [4.78, 5) is 12.4. The molecule has 3 heteroatoms. The lowest BCUT2D eigenvalue weighted by atomic mass is 10.0. The lowest BCUT2D eigenvalue weighted by Crippen LogP contribution is -2.15. The summed E-state index contributed by atoms with van der Waals surface area (Å²) in [6.45, 7) is 5.90. The molecule has 0 atom stereocenters. The average molecular weight is 318 g/mol. The molecule has 0 aromatic heterocycles. The summed E-state index contributed by atoms with van der Waals surface area (Å²) in [6, 6.07) is 11.7. The van der Waals surface area contributed by atoms with Crippen LogP contribution in [0.4, 0.5) is 5.69 Å². The van der Waals surface area contributed by atoms with Crippen molar-refractivity contribution in [2.45, 2.75) is 20.8 Å². The van der Waals surface area contributed by atoms with Crippen LogP contribution < -0.4 is 5.32 Å². The van der Waals surface area contributed by atoms with Crippen LogP contribution >= 0.6 is 15.9 Å². The predicted molar refractivity (Wildman–Crippen MR) is 82.7 cm³/mol. The zero-order valence-electron chi connectivity index (χ0n) is 11.3. The standard InChI is InChI=1S/C16H16BrNO/c1-10-7-13(17)9-14(8-10)18-16(19)15-11(2)5-4-6-12(15)3/h4-9H,1-3H3,(H,18,19). The number of anilines is 1. The molecule has 0 bridgehead atoms. The van der Waals surface area contributed by atoms with Crippen molar-refractivity contribution in [2.75, 3.05) is 5.32 Å². The lowest BCUT2D eigenvalue weighted by Gasteiger charge is -2.11. The smallest absolute Gasteiger partial charge is 0.256 e. The number of rotatable bonds is 2. The van der Waals surface area contributed by atoms with Crippen molar-refractivity contribution in [3.63, 3.8) is 0 Å². The molecular formula is C16H16BrNO. The zero-order valence-corrected chi connectivity index (χ0v) is 12.8. The number of carbonyl (C=O) groups excluding carboxylic acids is 1. The van der Waals surface area contributed by atoms with E-state index < -0.39 is 0 Å². The Morgan fingerprint density at radius 3 is 2.26 bits per heavy atom. The van der Waals surface area contributed by atoms with E-state index in [2.05, 4.69) is 21.2 Å². The van der Waals surface area contributed by atoms with Crippen LogP contribution in [0.15, 0.2) is 40.9 Å². The lowest BCUT2D eigenvalue weighted by molar-refractivity contribution is 0.102. The van der Waals surface area contributed by atoms with Gasteiger partial charge in [0, 0.05) is 15.7 Å². The van der Waals surface area contributed by atoms with E-state index in [0.29, 0.717) is 0 Å². The molecule has 0 aliphatic rings. The molecule has 0 aliphatic heterocycles. The van der Waals surface area contributed by atoms with Gasteiger partial charge in [0.25, 0.3) is 5.91 Å². The van der Waals surface area contributed by atoms with Crippen LogP contribution in [0.3, 0.4) is 0 Å². The van der Waals surface area contributed by atoms with Crippen LogP contribution in [0.2, 0.25) is 0 Å². The first-order valence-electron chi connectivity index (χ1n) is 6.12. The number of hydrogen-bond acceptors (Lipinski definition) is 1. The molecule has 0 aliphatic carbocycles. The number of amides is 1. The topological polar surface area (TPSA) is 29.1 Å². The third-order valence-corrected chi connectivity index (χ3v) is 3.47. The number of nitrogens with one attached hydrogen (secondary N) is 1. The number of halogens is 1. The molecule has 2 rings (SSSR count). The monoisotopic (exact) mass is 317 g/mol. The van der Waals surface area contributed by atoms with E-state index in [1.54, 1.807) is 0 Å². The first-order valence-corrected chi connectivity index (χ1v) is 6.91. The summed E-state index contributed by atoms with van der Waals surface area (Å²) in [7, 11) is 0. The van der Waals surface area contributed by atoms with E-state index in [4.69, 9.17) is 0 Å². The summed E-state index contributed by atoms with van der Waals surface area (Å²) in [5, 5.41) is 2.95. The van der Waals surface area contributed by atoms with Crippen LogP contribution in [-0.4, -0.2) is 5.91 Å². The quantitative estimate of drug-likeness (QED) is 0.859. The number of benzene rings is 2. The van der Waals surface area contributed by atoms with Crippen LogP contribution in [-0.2, 0) is 0 Å². The Hall–Kier alpha value is -1.61. The molecule has 0 unspecified atom stereocenters. The van der Waals surface area contributed by atoms with Gasteiger partial charge in [-0.15, -0.1) is 0 Å². The summed E-state index contributed by atoms with van der Waals surface area (Å²) in [6.07, 6.45) is 0. The van der Waals surface area contributed by atoms with Crippen molar-refractivity contribution in [1.82, 2.24) is 0 Å². The van der Waals surface area contributed by atoms with E-state index in [-0.39, 0.29) is 5.91 Å². The summed E-state index contributed by atoms with van der Waals surface area (Å²) in [5.74, 6) is -0.0619. The van der Waals surface area contributed by atoms with Gasteiger partial charge in [-0.25, -0.2) is 0 Å². The normalized spacial score (nSPS) is 10.3. The Labute approximate surface area is 122 Å². The third-order valence-electron chi connectivity index (χ3n) is 3.01. The molecule has 2 aromatic rings. The highest BCUT2D eigenvalue weighted by molar-refractivity contribution is 9.10. The Balaban J connectivity index is 2.31. The fourth-order valence-electron chi connectivity index (χ4n) is 2.17. The highest BCUT2D eigenvalue weighted by Crippen LogP contribution is 2.21. The molecule has 0 saturated carbocycles. The SMILES string of the molecule is Cc1cc(Br)cc(NC(=O)c2c(C)cccc2C)c1. The molecule has 2 nitrogen and oxygen atoms in total. The van der Waals surface area contributed by atoms with Crippen molar-refractivity contribution in [1.29, 1.82) is 0 Å². The van der Waals surface area contributed by atoms with E-state index in [0.717, 1.165) is 32.4 Å². The molecule has 0 fully saturated rings. The van der Waals surface area contributed by atoms with Gasteiger partial charge in [-0.2, -0.15) is 0 Å². The van der Waals surface area contributed by atoms with Crippen LogP contribution in [0.25, 0.3) is 0 Å². The van der Waals surface area contributed by atoms with Crippen LogP contribution in [0.1, 0.15) is 27.0 Å². The molecule has 19 heavy (non-hydrogen) atoms. The van der Waals surface area contributed by atoms with E-state index >= 15 is 0 Å². The minimum Gasteiger partial charge on any atom is -0.322 e. The van der Waals surface area contributed by atoms with Gasteiger partial charge >= 0.3 is 0 Å². The predicted octanol–water partition coefficient (Wildman–Crippen LogP) is 4.63. The maximum Gasteiger partial charge on any atom is 0.256 e. The minimum atomic E-state index is -0.0619. The second-order valence-electron chi connectivity index (χ2n) is 4.74. The molecule has 2 aromatic carbocycles. The van der Waals surface area contributed by atoms with Gasteiger partial charge < -0.3 is 5.32 Å². The Kier molecular flexibility index (Phi) is 4.05. The first kappa shape index (κ1) is 13.8. The van der Waals surface area contributed by atoms with Gasteiger partial charge in [-0.3, -0.25) is 4.79 Å². The molecule has 98 valence electrons. The number of aryl methyl sites for hydroxylation is 3. The van der Waals surface area contributed by atoms with E-state index in [1.165, 1.54) is 0 Å². The van der Waals surface area contributed by atoms with Crippen molar-refractivity contribution in [3.05, 3.63) is 63.1 Å². The van der Waals surface area contributed by atoms with Gasteiger partial charge in [-0.1, -0.05) is 34.1 Å². The second-order valence-corrected chi connectivity index (χ2v) is 5.65. The molecule has 0 saturated heterocycles. The van der Waals surface area contributed by atoms with Crippen LogP contribution in [0, 0.1) is 20.8 Å². The van der Waals surface area contributed by atoms with Gasteiger partial charge in [0.05, 0.1) is 0 Å². The van der Waals surface area contributed by atoms with Crippen molar-refractivity contribution < 1.29 is 4.79 Å². The average Bonchev–Trinajstić information content (AvgIpc) is 2.26. The fourth-order valence-corrected chi connectivity index (χ4v) is 2.78. The number of hydrogen-bond donors (Lipinski definition) is 1. The van der Waals surface area contributed by atoms with Gasteiger partial charge in [0.1, 0.15) is 0 Å². The maximum absolute atomic E-state index is 12.4. The van der Waals surface area contributed by atoms with E-state index in [9.17, 15) is 4.79 Å². The van der Waals surface area contributed by atoms with Crippen molar-refractivity contribution in [2.24, 2.45) is 0 Å². The third kappa shape index (κ3) is 3.24. The molecule has 1 amide bonds. The largest absolute Gasteiger partial charge is 0.322 e. The van der Waals surface area contributed by atoms with Crippen molar-refractivity contribution >= 4 is 27.5 Å². The first-order chi connectivity index (χ1) is 8.97. The zero-order chi connectivity index (χ0) is 14.0. The molecular weight excluding hydrogens is 302 g/mol. The highest BCUT2D eigenvalue weighted by Gasteiger charge is 2.12. The molecule has 0 spiro atoms. The molecule has 0 heterocycles. The summed E-state index contributed by atoms with van der Waals surface area (Å²) < 4.78 is 0.962. The van der Waals surface area contributed by atoms with Crippen LogP contribution in [0.5, 0.6) is 0 Å². The second kappa shape index (κ2) is 5.57. The molecule has 1 N–H and O–H groups in total. The Bertz CT molecular complexity index is 594. The van der Waals surface area contributed by atoms with Gasteiger partial charge in [0.2, 0.25) is 0 Å². The summed E-state index contributed by atoms with van der Waals surface area (Å²) in [5.41, 5.74) is 4.64.